The second-order valence-corrected chi connectivity index (χ2v) is 14.3. The van der Waals surface area contributed by atoms with Gasteiger partial charge in [0, 0.05) is 6.42 Å². The van der Waals surface area contributed by atoms with Gasteiger partial charge in [0.15, 0.2) is 0 Å². The van der Waals surface area contributed by atoms with Crippen molar-refractivity contribution >= 4 is 11.8 Å². The summed E-state index contributed by atoms with van der Waals surface area (Å²) in [6, 6.07) is 0. The fourth-order valence-corrected chi connectivity index (χ4v) is 9.79. The molecule has 0 radical (unpaired) electrons. The number of allylic oxidation sites excluding steroid dienone is 3. The highest BCUT2D eigenvalue weighted by atomic mass is 16.5. The van der Waals surface area contributed by atoms with Crippen LogP contribution in [0.15, 0.2) is 29.0 Å². The van der Waals surface area contributed by atoms with E-state index in [9.17, 15) is 10.0 Å². The topological polar surface area (TPSA) is 84.9 Å². The van der Waals surface area contributed by atoms with Gasteiger partial charge in [0.2, 0.25) is 0 Å². The number of hydrogen-bond acceptors (Lipinski definition) is 4. The summed E-state index contributed by atoms with van der Waals surface area (Å²) in [5, 5.41) is 12.5. The molecule has 0 unspecified atom stereocenters. The van der Waals surface area contributed by atoms with Gasteiger partial charge in [-0.2, -0.15) is 0 Å². The number of oxime groups is 1. The summed E-state index contributed by atoms with van der Waals surface area (Å²) in [4.78, 5) is 13.4. The maximum atomic E-state index is 13.4. The van der Waals surface area contributed by atoms with Crippen molar-refractivity contribution < 1.29 is 14.7 Å². The summed E-state index contributed by atoms with van der Waals surface area (Å²) in [5.74, 6) is 1.47. The fourth-order valence-electron chi connectivity index (χ4n) is 9.79. The Bertz CT molecular complexity index is 982. The molecule has 0 saturated heterocycles. The molecule has 7 atom stereocenters. The molecule has 0 aromatic heterocycles. The SMILES string of the molecule is C=C(C)[C@@H]1CC[C@]2(C)[C@H](CC=C3[C@@H]4CC(C)(C)CC[C@]4(C(=O)OC)CC[C@]32C)[C@@]1(C)CC/C(N)=N/O. The lowest BCUT2D eigenvalue weighted by atomic mass is 9.35. The quantitative estimate of drug-likeness (QED) is 0.104. The molecule has 3 saturated carbocycles. The van der Waals surface area contributed by atoms with E-state index in [1.165, 1.54) is 12.0 Å². The van der Waals surface area contributed by atoms with Crippen molar-refractivity contribution in [3.05, 3.63) is 23.8 Å². The van der Waals surface area contributed by atoms with Gasteiger partial charge >= 0.3 is 5.97 Å². The van der Waals surface area contributed by atoms with Crippen molar-refractivity contribution in [3.8, 4) is 0 Å². The number of hydrogen-bond donors (Lipinski definition) is 2. The Balaban J connectivity index is 1.81. The molecule has 36 heavy (non-hydrogen) atoms. The highest BCUT2D eigenvalue weighted by molar-refractivity contribution is 5.79. The Labute approximate surface area is 219 Å². The second kappa shape index (κ2) is 8.91. The van der Waals surface area contributed by atoms with Gasteiger partial charge < -0.3 is 15.7 Å². The molecule has 0 aliphatic heterocycles. The molecule has 3 fully saturated rings. The number of carbonyl (C=O) groups excluding carboxylic acids is 1. The third-order valence-electron chi connectivity index (χ3n) is 12.1. The van der Waals surface area contributed by atoms with E-state index in [4.69, 9.17) is 10.5 Å². The van der Waals surface area contributed by atoms with Crippen molar-refractivity contribution in [2.75, 3.05) is 7.11 Å². The van der Waals surface area contributed by atoms with Gasteiger partial charge in [0.1, 0.15) is 5.84 Å². The van der Waals surface area contributed by atoms with Gasteiger partial charge in [-0.15, -0.1) is 0 Å². The molecule has 0 aromatic carbocycles. The first-order valence-corrected chi connectivity index (χ1v) is 14.1. The molecule has 4 aliphatic rings. The van der Waals surface area contributed by atoms with Crippen LogP contribution in [0.1, 0.15) is 106 Å². The van der Waals surface area contributed by atoms with E-state index in [2.05, 4.69) is 59.4 Å². The molecule has 5 nitrogen and oxygen atoms in total. The van der Waals surface area contributed by atoms with Crippen molar-refractivity contribution in [1.82, 2.24) is 0 Å². The molecule has 0 aromatic rings. The lowest BCUT2D eigenvalue weighted by molar-refractivity contribution is -0.174. The average molecular weight is 499 g/mol. The van der Waals surface area contributed by atoms with Crippen molar-refractivity contribution in [1.29, 1.82) is 0 Å². The zero-order valence-corrected chi connectivity index (χ0v) is 23.9. The van der Waals surface area contributed by atoms with Gasteiger partial charge in [-0.25, -0.2) is 0 Å². The minimum atomic E-state index is -0.372. The number of fused-ring (bicyclic) bond motifs is 5. The van der Waals surface area contributed by atoms with Crippen molar-refractivity contribution in [3.63, 3.8) is 0 Å². The molecular formula is C31H50N2O3. The van der Waals surface area contributed by atoms with Crippen molar-refractivity contribution in [2.24, 2.45) is 55.7 Å². The van der Waals surface area contributed by atoms with Gasteiger partial charge in [-0.3, -0.25) is 4.79 Å². The molecule has 0 amide bonds. The van der Waals surface area contributed by atoms with Gasteiger partial charge in [0.05, 0.1) is 12.5 Å². The third kappa shape index (κ3) is 3.77. The van der Waals surface area contributed by atoms with Gasteiger partial charge in [-0.05, 0) is 104 Å². The van der Waals surface area contributed by atoms with Crippen LogP contribution in [0.5, 0.6) is 0 Å². The predicted molar refractivity (Wildman–Crippen MR) is 145 cm³/mol. The Morgan fingerprint density at radius 2 is 1.83 bits per heavy atom. The Hall–Kier alpha value is -1.78. The summed E-state index contributed by atoms with van der Waals surface area (Å²) in [7, 11) is 1.57. The number of nitrogens with two attached hydrogens (primary N) is 1. The summed E-state index contributed by atoms with van der Waals surface area (Å²) in [6.45, 7) is 18.8. The van der Waals surface area contributed by atoms with Gasteiger partial charge in [-0.1, -0.05) is 63.6 Å². The van der Waals surface area contributed by atoms with Crippen LogP contribution in [0.3, 0.4) is 0 Å². The highest BCUT2D eigenvalue weighted by Crippen LogP contribution is 2.74. The third-order valence-corrected chi connectivity index (χ3v) is 12.1. The van der Waals surface area contributed by atoms with E-state index in [1.54, 1.807) is 12.7 Å². The smallest absolute Gasteiger partial charge is 0.312 e. The molecule has 4 aliphatic carbocycles. The standard InChI is InChI=1S/C31H50N2O3/c1-20(2)21-11-14-30(7)24(28(21,5)13-12-25(32)33-35)10-9-22-23-19-27(3,4)15-17-31(23,26(34)36-8)18-16-29(22,30)6/h9,21,23-24,35H,1,10-19H2,2-8H3,(H2,32,33)/t21-,23-,24+,28-,29+,30+,31-/m0/s1. The fraction of sp³-hybridized carbons (Fsp3) is 0.806. The minimum Gasteiger partial charge on any atom is -0.469 e. The monoisotopic (exact) mass is 498 g/mol. The molecule has 202 valence electrons. The summed E-state index contributed by atoms with van der Waals surface area (Å²) in [6.07, 6.45) is 12.4. The molecule has 5 heteroatoms. The van der Waals surface area contributed by atoms with Crippen LogP contribution in [0.2, 0.25) is 0 Å². The minimum absolute atomic E-state index is 0.00724. The van der Waals surface area contributed by atoms with E-state index in [0.29, 0.717) is 24.1 Å². The number of carbonyl (C=O) groups is 1. The van der Waals surface area contributed by atoms with E-state index in [-0.39, 0.29) is 39.0 Å². The van der Waals surface area contributed by atoms with Crippen LogP contribution in [-0.2, 0) is 9.53 Å². The zero-order chi connectivity index (χ0) is 26.7. The Kier molecular flexibility index (Phi) is 6.75. The molecule has 0 bridgehead atoms. The van der Waals surface area contributed by atoms with E-state index in [1.807, 2.05) is 0 Å². The number of methoxy groups -OCH3 is 1. The molecular weight excluding hydrogens is 448 g/mol. The average Bonchev–Trinajstić information content (AvgIpc) is 2.82. The zero-order valence-electron chi connectivity index (χ0n) is 23.9. The van der Waals surface area contributed by atoms with Crippen LogP contribution in [0, 0.1) is 44.8 Å². The number of amidine groups is 1. The summed E-state index contributed by atoms with van der Waals surface area (Å²) >= 11 is 0. The maximum absolute atomic E-state index is 13.4. The molecule has 4 rings (SSSR count). The van der Waals surface area contributed by atoms with Crippen LogP contribution >= 0.6 is 0 Å². The van der Waals surface area contributed by atoms with Crippen molar-refractivity contribution in [2.45, 2.75) is 106 Å². The van der Waals surface area contributed by atoms with E-state index in [0.717, 1.165) is 51.4 Å². The van der Waals surface area contributed by atoms with Crippen LogP contribution in [0.25, 0.3) is 0 Å². The Morgan fingerprint density at radius 3 is 2.44 bits per heavy atom. The number of rotatable bonds is 5. The normalized spacial score (nSPS) is 43.9. The van der Waals surface area contributed by atoms with Crippen LogP contribution < -0.4 is 5.73 Å². The van der Waals surface area contributed by atoms with E-state index < -0.39 is 0 Å². The summed E-state index contributed by atoms with van der Waals surface area (Å²) in [5.41, 5.74) is 8.81. The number of esters is 1. The van der Waals surface area contributed by atoms with E-state index >= 15 is 0 Å². The number of ether oxygens (including phenoxy) is 1. The second-order valence-electron chi connectivity index (χ2n) is 14.3. The lowest BCUT2D eigenvalue weighted by Crippen LogP contribution is -2.62. The molecule has 0 spiro atoms. The first kappa shape index (κ1) is 27.3. The summed E-state index contributed by atoms with van der Waals surface area (Å²) < 4.78 is 5.48. The maximum Gasteiger partial charge on any atom is 0.312 e. The van der Waals surface area contributed by atoms with Crippen LogP contribution in [-0.4, -0.2) is 24.1 Å². The van der Waals surface area contributed by atoms with Gasteiger partial charge in [0.25, 0.3) is 0 Å². The predicted octanol–water partition coefficient (Wildman–Crippen LogP) is 7.24. The Morgan fingerprint density at radius 1 is 1.17 bits per heavy atom. The first-order chi connectivity index (χ1) is 16.7. The highest BCUT2D eigenvalue weighted by Gasteiger charge is 2.67. The first-order valence-electron chi connectivity index (χ1n) is 14.1. The largest absolute Gasteiger partial charge is 0.469 e. The number of nitrogens with zero attached hydrogens (tertiary/aromatic N) is 1. The van der Waals surface area contributed by atoms with Crippen LogP contribution in [0.4, 0.5) is 0 Å². The molecule has 3 N–H and O–H groups in total. The lowest BCUT2D eigenvalue weighted by Gasteiger charge is -2.69. The molecule has 0 heterocycles.